The number of aliphatic hydroxyl groups is 1. The molecule has 1 spiro atoms. The maximum atomic E-state index is 14.9. The van der Waals surface area contributed by atoms with Crippen molar-refractivity contribution in [2.75, 3.05) is 31.1 Å². The number of para-hydroxylation sites is 1. The monoisotopic (exact) mass is 629 g/mol. The summed E-state index contributed by atoms with van der Waals surface area (Å²) in [5.41, 5.74) is 3.89. The second kappa shape index (κ2) is 14.4. The molecule has 45 heavy (non-hydrogen) atoms. The second-order valence-corrected chi connectivity index (χ2v) is 14.3. The molecule has 0 radical (unpaired) electrons. The van der Waals surface area contributed by atoms with E-state index in [2.05, 4.69) is 13.2 Å². The van der Waals surface area contributed by atoms with Crippen LogP contribution >= 0.6 is 11.8 Å². The van der Waals surface area contributed by atoms with Gasteiger partial charge in [0.2, 0.25) is 11.8 Å². The third-order valence-corrected chi connectivity index (χ3v) is 11.7. The van der Waals surface area contributed by atoms with Gasteiger partial charge in [-0.25, -0.2) is 0 Å². The maximum Gasteiger partial charge on any atom is 0.251 e. The van der Waals surface area contributed by atoms with E-state index < -0.39 is 22.6 Å². The molecule has 0 saturated carbocycles. The highest BCUT2D eigenvalue weighted by Gasteiger charge is 2.74. The molecule has 3 saturated heterocycles. The van der Waals surface area contributed by atoms with Gasteiger partial charge in [0.05, 0.1) is 16.6 Å². The molecule has 3 amide bonds. The Morgan fingerprint density at radius 1 is 0.978 bits per heavy atom. The van der Waals surface area contributed by atoms with E-state index in [1.54, 1.807) is 23.9 Å². The van der Waals surface area contributed by atoms with Crippen molar-refractivity contribution in [1.82, 2.24) is 9.80 Å². The Kier molecular flexibility index (Phi) is 10.6. The molecule has 3 fully saturated rings. The van der Waals surface area contributed by atoms with Crippen molar-refractivity contribution in [3.63, 3.8) is 0 Å². The number of thioether (sulfide) groups is 1. The molecule has 3 aliphatic heterocycles. The average molecular weight is 630 g/mol. The van der Waals surface area contributed by atoms with Crippen LogP contribution in [0.15, 0.2) is 73.8 Å². The van der Waals surface area contributed by atoms with Crippen LogP contribution in [0.25, 0.3) is 0 Å². The Morgan fingerprint density at radius 2 is 1.67 bits per heavy atom. The molecule has 2 bridgehead atoms. The van der Waals surface area contributed by atoms with Crippen molar-refractivity contribution in [3.05, 3.63) is 90.5 Å². The first-order valence-electron chi connectivity index (χ1n) is 16.3. The van der Waals surface area contributed by atoms with E-state index in [4.69, 9.17) is 0 Å². The molecular weight excluding hydrogens is 582 g/mol. The number of aliphatic hydroxyl groups excluding tert-OH is 1. The van der Waals surface area contributed by atoms with Crippen LogP contribution in [0.4, 0.5) is 5.69 Å². The Bertz CT molecular complexity index is 1390. The van der Waals surface area contributed by atoms with Crippen molar-refractivity contribution in [2.45, 2.75) is 75.0 Å². The number of hydrogen-bond acceptors (Lipinski definition) is 5. The molecular formula is C37H47N3O4S. The van der Waals surface area contributed by atoms with Crippen LogP contribution in [0.5, 0.6) is 0 Å². The summed E-state index contributed by atoms with van der Waals surface area (Å²) in [5.74, 6) is -1.21. The van der Waals surface area contributed by atoms with Gasteiger partial charge in [0.25, 0.3) is 5.91 Å². The number of aryl methyl sites for hydroxylation is 2. The van der Waals surface area contributed by atoms with Gasteiger partial charge in [-0.3, -0.25) is 14.4 Å². The van der Waals surface area contributed by atoms with Crippen LogP contribution in [0.3, 0.4) is 0 Å². The quantitative estimate of drug-likeness (QED) is 0.203. The minimum Gasteiger partial charge on any atom is -0.396 e. The zero-order valence-corrected chi connectivity index (χ0v) is 27.5. The minimum absolute atomic E-state index is 0.00963. The molecule has 5 rings (SSSR count). The van der Waals surface area contributed by atoms with Gasteiger partial charge in [0.1, 0.15) is 6.04 Å². The molecule has 0 aromatic heterocycles. The van der Waals surface area contributed by atoms with Crippen LogP contribution < -0.4 is 4.90 Å². The third kappa shape index (κ3) is 6.24. The highest BCUT2D eigenvalue weighted by Crippen LogP contribution is 2.66. The smallest absolute Gasteiger partial charge is 0.251 e. The predicted molar refractivity (Wildman–Crippen MR) is 182 cm³/mol. The van der Waals surface area contributed by atoms with Gasteiger partial charge in [0, 0.05) is 43.7 Å². The van der Waals surface area contributed by atoms with Gasteiger partial charge in [0.15, 0.2) is 0 Å². The second-order valence-electron chi connectivity index (χ2n) is 12.7. The predicted octanol–water partition coefficient (Wildman–Crippen LogP) is 5.68. The van der Waals surface area contributed by atoms with Gasteiger partial charge < -0.3 is 19.8 Å². The molecule has 1 N–H and O–H groups in total. The van der Waals surface area contributed by atoms with Crippen LogP contribution in [0.2, 0.25) is 0 Å². The van der Waals surface area contributed by atoms with Crippen LogP contribution in [0.1, 0.15) is 55.2 Å². The number of amides is 3. The molecule has 2 aromatic rings. The first-order valence-corrected chi connectivity index (χ1v) is 17.2. The summed E-state index contributed by atoms with van der Waals surface area (Å²) in [6, 6.07) is 15.3. The topological polar surface area (TPSA) is 81.2 Å². The van der Waals surface area contributed by atoms with Gasteiger partial charge in [-0.2, -0.15) is 0 Å². The standard InChI is InChI=1S/C37H47N3O4S/c1-5-21-38(25-28-17-10-9-11-18-28)34(42)30-29-19-20-37(45-29)31(30)35(43)40(23-12-7-8-13-24-41)33(37)36(44)39(22-6-2)32-26(3)15-14-16-27(32)4/h5-6,9-11,14-18,29-31,33,41H,1-2,7-8,12-13,19-25H2,3-4H3/t29-,30+,31+,33?,37?/m1/s1. The highest BCUT2D eigenvalue weighted by molar-refractivity contribution is 8.02. The van der Waals surface area contributed by atoms with Crippen molar-refractivity contribution in [3.8, 4) is 0 Å². The Balaban J connectivity index is 1.52. The highest BCUT2D eigenvalue weighted by atomic mass is 32.2. The van der Waals surface area contributed by atoms with E-state index in [1.165, 1.54) is 0 Å². The zero-order chi connectivity index (χ0) is 32.1. The maximum absolute atomic E-state index is 14.9. The lowest BCUT2D eigenvalue weighted by molar-refractivity contribution is -0.144. The largest absolute Gasteiger partial charge is 0.396 e. The number of rotatable bonds is 15. The Morgan fingerprint density at radius 3 is 2.33 bits per heavy atom. The molecule has 3 heterocycles. The number of nitrogens with zero attached hydrogens (tertiary/aromatic N) is 3. The van der Waals surface area contributed by atoms with E-state index in [1.807, 2.05) is 77.1 Å². The zero-order valence-electron chi connectivity index (χ0n) is 26.7. The summed E-state index contributed by atoms with van der Waals surface area (Å²) < 4.78 is -0.660. The summed E-state index contributed by atoms with van der Waals surface area (Å²) in [4.78, 5) is 49.4. The summed E-state index contributed by atoms with van der Waals surface area (Å²) in [6.07, 6.45) is 8.21. The molecule has 240 valence electrons. The summed E-state index contributed by atoms with van der Waals surface area (Å²) >= 11 is 1.72. The number of carbonyl (C=O) groups is 3. The molecule has 7 nitrogen and oxygen atoms in total. The van der Waals surface area contributed by atoms with Crippen molar-refractivity contribution in [2.24, 2.45) is 11.8 Å². The molecule has 2 aromatic carbocycles. The Labute approximate surface area is 272 Å². The van der Waals surface area contributed by atoms with Crippen LogP contribution in [0, 0.1) is 25.7 Å². The number of benzene rings is 2. The molecule has 5 atom stereocenters. The number of hydrogen-bond donors (Lipinski definition) is 1. The average Bonchev–Trinajstić information content (AvgIpc) is 3.67. The number of unbranched alkanes of at least 4 members (excludes halogenated alkanes) is 3. The molecule has 3 aliphatic rings. The summed E-state index contributed by atoms with van der Waals surface area (Å²) in [7, 11) is 0. The van der Waals surface area contributed by atoms with E-state index in [0.717, 1.165) is 60.9 Å². The van der Waals surface area contributed by atoms with Gasteiger partial charge >= 0.3 is 0 Å². The third-order valence-electron chi connectivity index (χ3n) is 9.79. The van der Waals surface area contributed by atoms with Gasteiger partial charge in [-0.15, -0.1) is 24.9 Å². The summed E-state index contributed by atoms with van der Waals surface area (Å²) in [5, 5.41) is 9.26. The fourth-order valence-electron chi connectivity index (χ4n) is 7.90. The molecule has 2 unspecified atom stereocenters. The SMILES string of the molecule is C=CCN(Cc1ccccc1)C(=O)[C@@H]1[C@H]2C(=O)N(CCCCCCO)C(C(=O)N(CC=C)c3c(C)cccc3C)C23CC[C@H]1S3. The minimum atomic E-state index is -0.665. The number of anilines is 1. The van der Waals surface area contributed by atoms with E-state index >= 15 is 0 Å². The number of fused-ring (bicyclic) bond motifs is 1. The van der Waals surface area contributed by atoms with E-state index in [9.17, 15) is 19.5 Å². The molecule has 0 aliphatic carbocycles. The first kappa shape index (κ1) is 33.0. The lowest BCUT2D eigenvalue weighted by Crippen LogP contribution is -2.55. The van der Waals surface area contributed by atoms with Crippen LogP contribution in [-0.4, -0.2) is 74.9 Å². The van der Waals surface area contributed by atoms with E-state index in [-0.39, 0.29) is 29.6 Å². The van der Waals surface area contributed by atoms with Crippen molar-refractivity contribution in [1.29, 1.82) is 0 Å². The van der Waals surface area contributed by atoms with Crippen molar-refractivity contribution >= 4 is 35.2 Å². The number of carbonyl (C=O) groups excluding carboxylic acids is 3. The molecule has 8 heteroatoms. The van der Waals surface area contributed by atoms with Gasteiger partial charge in [-0.05, 0) is 56.2 Å². The lowest BCUT2D eigenvalue weighted by Gasteiger charge is -2.38. The summed E-state index contributed by atoms with van der Waals surface area (Å²) in [6.45, 7) is 13.7. The number of likely N-dealkylation sites (tertiary alicyclic amines) is 1. The Hall–Kier alpha value is -3.36. The fourth-order valence-corrected chi connectivity index (χ4v) is 10.1. The fraction of sp³-hybridized carbons (Fsp3) is 0.486. The van der Waals surface area contributed by atoms with Gasteiger partial charge in [-0.1, -0.05) is 73.5 Å². The lowest BCUT2D eigenvalue weighted by atomic mass is 9.70. The first-order chi connectivity index (χ1) is 21.8. The van der Waals surface area contributed by atoms with Crippen LogP contribution in [-0.2, 0) is 20.9 Å². The normalized spacial score (nSPS) is 24.9. The van der Waals surface area contributed by atoms with Crippen molar-refractivity contribution < 1.29 is 19.5 Å². The van der Waals surface area contributed by atoms with E-state index in [0.29, 0.717) is 26.2 Å².